The van der Waals surface area contributed by atoms with Gasteiger partial charge in [-0.1, -0.05) is 72.8 Å². The molecule has 0 saturated heterocycles. The molecule has 0 saturated carbocycles. The van der Waals surface area contributed by atoms with Crippen molar-refractivity contribution in [2.75, 3.05) is 5.43 Å². The van der Waals surface area contributed by atoms with E-state index in [1.54, 1.807) is 78.9 Å². The summed E-state index contributed by atoms with van der Waals surface area (Å²) in [6, 6.07) is 30.7. The number of rotatable bonds is 8. The molecule has 0 aliphatic carbocycles. The quantitative estimate of drug-likeness (QED) is 0.0899. The molecule has 0 aliphatic heterocycles. The molecule has 1 aromatic heterocycles. The van der Waals surface area contributed by atoms with Crippen LogP contribution in [0.25, 0.3) is 0 Å². The van der Waals surface area contributed by atoms with Crippen LogP contribution in [0.4, 0.5) is 24.8 Å². The van der Waals surface area contributed by atoms with E-state index in [9.17, 15) is 13.2 Å². The number of nitrogens with zero attached hydrogens (tertiary/aromatic N) is 6. The van der Waals surface area contributed by atoms with Crippen LogP contribution in [-0.4, -0.2) is 20.8 Å². The number of hydrogen-bond donors (Lipinski definition) is 1. The Morgan fingerprint density at radius 1 is 0.634 bits per heavy atom. The summed E-state index contributed by atoms with van der Waals surface area (Å²) >= 11 is 0. The van der Waals surface area contributed by atoms with Gasteiger partial charge in [0, 0.05) is 5.56 Å². The third-order valence-corrected chi connectivity index (χ3v) is 5.26. The Balaban J connectivity index is 1.54. The number of azo groups is 1. The first-order valence-electron chi connectivity index (χ1n) is 12.1. The molecule has 0 fully saturated rings. The van der Waals surface area contributed by atoms with Crippen molar-refractivity contribution in [3.05, 3.63) is 126 Å². The van der Waals surface area contributed by atoms with Crippen LogP contribution < -0.4 is 14.9 Å². The monoisotopic (exact) mass is 555 g/mol. The summed E-state index contributed by atoms with van der Waals surface area (Å²) in [6.07, 6.45) is -4.67. The summed E-state index contributed by atoms with van der Waals surface area (Å²) in [4.78, 5) is 12.5. The number of hydrogen-bond acceptors (Lipinski definition) is 8. The van der Waals surface area contributed by atoms with Gasteiger partial charge in [-0.3, -0.25) is 5.43 Å². The van der Waals surface area contributed by atoms with E-state index in [1.807, 2.05) is 12.1 Å². The molecule has 0 atom stereocenters. The second-order valence-corrected chi connectivity index (χ2v) is 8.19. The normalized spacial score (nSPS) is 11.8. The molecule has 5 aromatic rings. The van der Waals surface area contributed by atoms with E-state index >= 15 is 0 Å². The standard InChI is InChI=1S/C29H20F3N7O2/c30-29(31,32)24-19-11-10-18-23(24)25(37-36-20-12-4-1-5-13-20)38-39-26-33-27(40-21-14-6-2-7-15-21)35-28(34-26)41-22-16-8-3-9-17-22/h1-19,36H/b37-25+,39-38?. The van der Waals surface area contributed by atoms with Crippen molar-refractivity contribution in [2.24, 2.45) is 15.3 Å². The van der Waals surface area contributed by atoms with Gasteiger partial charge in [-0.05, 0) is 42.5 Å². The summed E-state index contributed by atoms with van der Waals surface area (Å²) in [6.45, 7) is 0. The topological polar surface area (TPSA) is 106 Å². The fourth-order valence-electron chi connectivity index (χ4n) is 3.44. The number of alkyl halides is 3. The fraction of sp³-hybridized carbons (Fsp3) is 0.0345. The van der Waals surface area contributed by atoms with Crippen molar-refractivity contribution in [2.45, 2.75) is 6.18 Å². The lowest BCUT2D eigenvalue weighted by molar-refractivity contribution is -0.137. The van der Waals surface area contributed by atoms with Crippen molar-refractivity contribution in [3.63, 3.8) is 0 Å². The second kappa shape index (κ2) is 12.5. The van der Waals surface area contributed by atoms with Crippen molar-refractivity contribution in [3.8, 4) is 23.5 Å². The van der Waals surface area contributed by atoms with Crippen LogP contribution in [0.15, 0.2) is 131 Å². The number of aromatic nitrogens is 3. The van der Waals surface area contributed by atoms with Crippen LogP contribution in [0.2, 0.25) is 0 Å². The molecule has 0 spiro atoms. The predicted octanol–water partition coefficient (Wildman–Crippen LogP) is 8.03. The van der Waals surface area contributed by atoms with E-state index in [4.69, 9.17) is 9.47 Å². The number of hydrazone groups is 1. The van der Waals surface area contributed by atoms with Gasteiger partial charge in [0.25, 0.3) is 5.95 Å². The third-order valence-electron chi connectivity index (χ3n) is 5.26. The van der Waals surface area contributed by atoms with Crippen LogP contribution in [0.5, 0.6) is 23.5 Å². The first kappa shape index (κ1) is 26.9. The number of benzene rings is 4. The van der Waals surface area contributed by atoms with Gasteiger partial charge in [-0.2, -0.15) is 28.2 Å². The minimum absolute atomic E-state index is 0.164. The molecule has 0 aliphatic rings. The van der Waals surface area contributed by atoms with Crippen LogP contribution in [-0.2, 0) is 6.18 Å². The van der Waals surface area contributed by atoms with E-state index in [1.165, 1.54) is 18.2 Å². The lowest BCUT2D eigenvalue weighted by Gasteiger charge is -2.12. The number of amidine groups is 1. The summed E-state index contributed by atoms with van der Waals surface area (Å²) in [5, 5.41) is 12.1. The maximum absolute atomic E-state index is 13.8. The van der Waals surface area contributed by atoms with E-state index in [-0.39, 0.29) is 29.4 Å². The minimum atomic E-state index is -4.67. The van der Waals surface area contributed by atoms with E-state index in [0.29, 0.717) is 17.2 Å². The molecule has 41 heavy (non-hydrogen) atoms. The second-order valence-electron chi connectivity index (χ2n) is 8.19. The predicted molar refractivity (Wildman–Crippen MR) is 145 cm³/mol. The van der Waals surface area contributed by atoms with Crippen LogP contribution in [0.1, 0.15) is 11.1 Å². The molecule has 0 radical (unpaired) electrons. The number of halogens is 3. The molecule has 1 heterocycles. The maximum atomic E-state index is 13.8. The molecule has 5 rings (SSSR count). The van der Waals surface area contributed by atoms with Crippen molar-refractivity contribution in [1.82, 2.24) is 15.0 Å². The molecule has 0 bridgehead atoms. The highest BCUT2D eigenvalue weighted by Crippen LogP contribution is 2.33. The molecule has 0 unspecified atom stereocenters. The van der Waals surface area contributed by atoms with Crippen molar-refractivity contribution in [1.29, 1.82) is 0 Å². The van der Waals surface area contributed by atoms with Gasteiger partial charge in [0.1, 0.15) is 11.5 Å². The first-order chi connectivity index (χ1) is 19.9. The zero-order valence-corrected chi connectivity index (χ0v) is 21.1. The maximum Gasteiger partial charge on any atom is 0.417 e. The SMILES string of the molecule is FC(F)(F)c1ccccc1/C(N=Nc1nc(Oc2ccccc2)nc(Oc2ccccc2)n1)=N\Nc1ccccc1. The zero-order valence-electron chi connectivity index (χ0n) is 21.1. The Morgan fingerprint density at radius 2 is 1.15 bits per heavy atom. The number of para-hydroxylation sites is 3. The van der Waals surface area contributed by atoms with Crippen LogP contribution in [0, 0.1) is 0 Å². The molecule has 0 amide bonds. The van der Waals surface area contributed by atoms with Gasteiger partial charge >= 0.3 is 18.2 Å². The molecular formula is C29H20F3N7O2. The van der Waals surface area contributed by atoms with Crippen molar-refractivity contribution >= 4 is 17.5 Å². The Labute approximate surface area is 232 Å². The fourth-order valence-corrected chi connectivity index (χ4v) is 3.44. The lowest BCUT2D eigenvalue weighted by atomic mass is 10.1. The highest BCUT2D eigenvalue weighted by molar-refractivity contribution is 6.01. The largest absolute Gasteiger partial charge is 0.424 e. The Morgan fingerprint density at radius 3 is 1.71 bits per heavy atom. The van der Waals surface area contributed by atoms with Gasteiger partial charge in [0.2, 0.25) is 5.84 Å². The highest BCUT2D eigenvalue weighted by Gasteiger charge is 2.34. The van der Waals surface area contributed by atoms with Gasteiger partial charge in [0.05, 0.1) is 11.3 Å². The molecule has 1 N–H and O–H groups in total. The molecular weight excluding hydrogens is 535 g/mol. The van der Waals surface area contributed by atoms with E-state index in [0.717, 1.165) is 6.07 Å². The zero-order chi connectivity index (χ0) is 28.5. The third kappa shape index (κ3) is 7.47. The van der Waals surface area contributed by atoms with Crippen LogP contribution in [0.3, 0.4) is 0 Å². The average Bonchev–Trinajstić information content (AvgIpc) is 2.98. The van der Waals surface area contributed by atoms with E-state index in [2.05, 4.69) is 35.7 Å². The number of nitrogens with one attached hydrogen (secondary N) is 1. The van der Waals surface area contributed by atoms with Gasteiger partial charge in [0.15, 0.2) is 0 Å². The highest BCUT2D eigenvalue weighted by atomic mass is 19.4. The van der Waals surface area contributed by atoms with Crippen molar-refractivity contribution < 1.29 is 22.6 Å². The van der Waals surface area contributed by atoms with Gasteiger partial charge in [-0.25, -0.2) is 0 Å². The Kier molecular flexibility index (Phi) is 8.19. The smallest absolute Gasteiger partial charge is 0.417 e. The molecule has 4 aromatic carbocycles. The first-order valence-corrected chi connectivity index (χ1v) is 12.1. The van der Waals surface area contributed by atoms with E-state index < -0.39 is 11.7 Å². The minimum Gasteiger partial charge on any atom is -0.424 e. The summed E-state index contributed by atoms with van der Waals surface area (Å²) in [5.41, 5.74) is 2.00. The number of ether oxygens (including phenoxy) is 2. The van der Waals surface area contributed by atoms with Crippen LogP contribution >= 0.6 is 0 Å². The number of anilines is 1. The molecule has 12 heteroatoms. The Bertz CT molecular complexity index is 1590. The summed E-state index contributed by atoms with van der Waals surface area (Å²) in [5.74, 6) is 0.216. The molecule has 9 nitrogen and oxygen atoms in total. The molecule has 204 valence electrons. The summed E-state index contributed by atoms with van der Waals surface area (Å²) in [7, 11) is 0. The van der Waals surface area contributed by atoms with Gasteiger partial charge in [-0.15, -0.1) is 15.2 Å². The van der Waals surface area contributed by atoms with Gasteiger partial charge < -0.3 is 9.47 Å². The Hall–Kier alpha value is -5.65. The lowest BCUT2D eigenvalue weighted by Crippen LogP contribution is -2.13. The average molecular weight is 556 g/mol. The summed E-state index contributed by atoms with van der Waals surface area (Å²) < 4.78 is 53.0.